The molecule has 0 radical (unpaired) electrons. The lowest BCUT2D eigenvalue weighted by atomic mass is 10.1. The first-order valence-corrected chi connectivity index (χ1v) is 13.0. The number of carbonyl (C=O) groups excluding carboxylic acids is 3. The summed E-state index contributed by atoms with van der Waals surface area (Å²) >= 11 is 0. The highest BCUT2D eigenvalue weighted by Gasteiger charge is 2.29. The molecular formula is C24H29N5O5S. The lowest BCUT2D eigenvalue weighted by Gasteiger charge is -2.26. The summed E-state index contributed by atoms with van der Waals surface area (Å²) in [5, 5.41) is 8.10. The van der Waals surface area contributed by atoms with Crippen LogP contribution in [0.15, 0.2) is 47.4 Å². The van der Waals surface area contributed by atoms with Crippen molar-refractivity contribution in [2.75, 3.05) is 38.0 Å². The van der Waals surface area contributed by atoms with Gasteiger partial charge in [0.1, 0.15) is 0 Å². The molecule has 2 aromatic carbocycles. The Morgan fingerprint density at radius 3 is 2.54 bits per heavy atom. The van der Waals surface area contributed by atoms with Crippen LogP contribution in [0.2, 0.25) is 0 Å². The van der Waals surface area contributed by atoms with E-state index in [0.717, 1.165) is 35.8 Å². The van der Waals surface area contributed by atoms with Crippen LogP contribution in [-0.2, 0) is 21.4 Å². The number of carbonyl (C=O) groups is 3. The molecule has 10 nitrogen and oxygen atoms in total. The second-order valence-electron chi connectivity index (χ2n) is 8.67. The number of nitrogens with zero attached hydrogens (tertiary/aromatic N) is 2. The molecule has 0 unspecified atom stereocenters. The molecule has 2 saturated heterocycles. The average Bonchev–Trinajstić information content (AvgIpc) is 3.39. The predicted molar refractivity (Wildman–Crippen MR) is 130 cm³/mol. The number of rotatable bonds is 6. The minimum atomic E-state index is -3.81. The predicted octanol–water partition coefficient (Wildman–Crippen LogP) is 1.67. The van der Waals surface area contributed by atoms with Gasteiger partial charge < -0.3 is 20.9 Å². The van der Waals surface area contributed by atoms with Crippen LogP contribution in [0.3, 0.4) is 0 Å². The van der Waals surface area contributed by atoms with E-state index in [1.165, 1.54) is 12.1 Å². The summed E-state index contributed by atoms with van der Waals surface area (Å²) in [5.41, 5.74) is 2.55. The Balaban J connectivity index is 1.36. The van der Waals surface area contributed by atoms with Gasteiger partial charge in [-0.15, -0.1) is 0 Å². The molecule has 0 atom stereocenters. The number of hydrogen-bond acceptors (Lipinski definition) is 5. The smallest absolute Gasteiger partial charge is 0.319 e. The molecule has 4 rings (SSSR count). The van der Waals surface area contributed by atoms with Crippen LogP contribution < -0.4 is 16.0 Å². The van der Waals surface area contributed by atoms with Gasteiger partial charge in [0, 0.05) is 44.0 Å². The van der Waals surface area contributed by atoms with Crippen LogP contribution in [-0.4, -0.2) is 68.2 Å². The van der Waals surface area contributed by atoms with Crippen LogP contribution in [0, 0.1) is 6.92 Å². The quantitative estimate of drug-likeness (QED) is 0.557. The summed E-state index contributed by atoms with van der Waals surface area (Å²) in [5.74, 6) is -0.334. The molecule has 0 aliphatic carbocycles. The molecule has 4 amide bonds. The molecule has 35 heavy (non-hydrogen) atoms. The minimum Gasteiger partial charge on any atom is -0.354 e. The number of hydrogen-bond donors (Lipinski definition) is 3. The summed E-state index contributed by atoms with van der Waals surface area (Å²) in [6.45, 7) is 3.75. The number of sulfonamides is 1. The monoisotopic (exact) mass is 499 g/mol. The van der Waals surface area contributed by atoms with Crippen molar-refractivity contribution in [3.05, 3.63) is 59.2 Å². The van der Waals surface area contributed by atoms with E-state index < -0.39 is 16.1 Å². The number of aryl methyl sites for hydroxylation is 1. The third-order valence-corrected chi connectivity index (χ3v) is 7.95. The number of urea groups is 1. The lowest BCUT2D eigenvalue weighted by molar-refractivity contribution is -0.122. The zero-order valence-electron chi connectivity index (χ0n) is 19.5. The van der Waals surface area contributed by atoms with Crippen molar-refractivity contribution in [3.63, 3.8) is 0 Å². The van der Waals surface area contributed by atoms with E-state index in [1.54, 1.807) is 30.3 Å². The Bertz CT molecular complexity index is 1240. The summed E-state index contributed by atoms with van der Waals surface area (Å²) < 4.78 is 26.9. The number of amides is 4. The molecular weight excluding hydrogens is 470 g/mol. The van der Waals surface area contributed by atoms with Gasteiger partial charge in [0.15, 0.2) is 0 Å². The molecule has 2 aliphatic heterocycles. The van der Waals surface area contributed by atoms with E-state index in [0.29, 0.717) is 16.8 Å². The first kappa shape index (κ1) is 24.7. The van der Waals surface area contributed by atoms with E-state index >= 15 is 0 Å². The van der Waals surface area contributed by atoms with Gasteiger partial charge in [0.2, 0.25) is 15.9 Å². The van der Waals surface area contributed by atoms with Gasteiger partial charge in [0.25, 0.3) is 5.91 Å². The van der Waals surface area contributed by atoms with Crippen molar-refractivity contribution >= 4 is 33.6 Å². The lowest BCUT2D eigenvalue weighted by Crippen LogP contribution is -2.49. The van der Waals surface area contributed by atoms with Crippen molar-refractivity contribution in [1.82, 2.24) is 19.8 Å². The van der Waals surface area contributed by atoms with E-state index in [-0.39, 0.29) is 42.9 Å². The normalized spacial score (nSPS) is 16.6. The fraction of sp³-hybridized carbons (Fsp3) is 0.375. The van der Waals surface area contributed by atoms with Gasteiger partial charge >= 0.3 is 6.03 Å². The average molecular weight is 500 g/mol. The van der Waals surface area contributed by atoms with Crippen LogP contribution in [0.4, 0.5) is 10.5 Å². The summed E-state index contributed by atoms with van der Waals surface area (Å²) in [4.78, 5) is 38.5. The standard InChI is InChI=1S/C24H29N5O5S/c1-17-13-19(23(31)28-10-2-3-11-28)7-8-21(17)27-24(32)26-15-18-5-4-6-20(14-18)35(33,34)29-12-9-25-22(30)16-29/h4-8,13-14H,2-3,9-12,15-16H2,1H3,(H,25,30)(H2,26,27,32). The number of anilines is 1. The van der Waals surface area contributed by atoms with E-state index in [1.807, 2.05) is 11.8 Å². The molecule has 2 aliphatic rings. The van der Waals surface area contributed by atoms with Crippen molar-refractivity contribution < 1.29 is 22.8 Å². The maximum Gasteiger partial charge on any atom is 0.319 e. The van der Waals surface area contributed by atoms with E-state index in [2.05, 4.69) is 16.0 Å². The van der Waals surface area contributed by atoms with Crippen molar-refractivity contribution in [1.29, 1.82) is 0 Å². The molecule has 186 valence electrons. The Morgan fingerprint density at radius 2 is 1.83 bits per heavy atom. The summed E-state index contributed by atoms with van der Waals surface area (Å²) in [6.07, 6.45) is 2.05. The maximum absolute atomic E-state index is 12.9. The Labute approximate surface area is 204 Å². The highest BCUT2D eigenvalue weighted by Crippen LogP contribution is 2.20. The Kier molecular flexibility index (Phi) is 7.37. The third-order valence-electron chi connectivity index (χ3n) is 6.11. The Hall–Kier alpha value is -3.44. The zero-order valence-corrected chi connectivity index (χ0v) is 20.4. The first-order chi connectivity index (χ1) is 16.7. The number of likely N-dealkylation sites (tertiary alicyclic amines) is 1. The van der Waals surface area contributed by atoms with Crippen LogP contribution in [0.5, 0.6) is 0 Å². The van der Waals surface area contributed by atoms with Gasteiger partial charge in [-0.2, -0.15) is 4.31 Å². The van der Waals surface area contributed by atoms with Crippen LogP contribution >= 0.6 is 0 Å². The summed E-state index contributed by atoms with van der Waals surface area (Å²) in [7, 11) is -3.81. The number of piperazine rings is 1. The molecule has 2 heterocycles. The molecule has 3 N–H and O–H groups in total. The SMILES string of the molecule is Cc1cc(C(=O)N2CCCC2)ccc1NC(=O)NCc1cccc(S(=O)(=O)N2CCNC(=O)C2)c1. The summed E-state index contributed by atoms with van der Waals surface area (Å²) in [6, 6.07) is 11.0. The minimum absolute atomic E-state index is 0.00150. The first-order valence-electron chi connectivity index (χ1n) is 11.5. The van der Waals surface area contributed by atoms with E-state index in [9.17, 15) is 22.8 Å². The van der Waals surface area contributed by atoms with E-state index in [4.69, 9.17) is 0 Å². The van der Waals surface area contributed by atoms with Gasteiger partial charge in [-0.25, -0.2) is 13.2 Å². The van der Waals surface area contributed by atoms with Gasteiger partial charge in [-0.1, -0.05) is 12.1 Å². The molecule has 2 fully saturated rings. The molecule has 2 aromatic rings. The molecule has 0 spiro atoms. The second-order valence-corrected chi connectivity index (χ2v) is 10.6. The molecule has 11 heteroatoms. The Morgan fingerprint density at radius 1 is 1.06 bits per heavy atom. The van der Waals surface area contributed by atoms with Crippen molar-refractivity contribution in [3.8, 4) is 0 Å². The fourth-order valence-corrected chi connectivity index (χ4v) is 5.64. The molecule has 0 saturated carbocycles. The number of benzene rings is 2. The van der Waals surface area contributed by atoms with Gasteiger partial charge in [0.05, 0.1) is 11.4 Å². The van der Waals surface area contributed by atoms with Gasteiger partial charge in [-0.3, -0.25) is 9.59 Å². The second kappa shape index (κ2) is 10.4. The van der Waals surface area contributed by atoms with Crippen LogP contribution in [0.1, 0.15) is 34.3 Å². The maximum atomic E-state index is 12.9. The largest absolute Gasteiger partial charge is 0.354 e. The fourth-order valence-electron chi connectivity index (χ4n) is 4.17. The van der Waals surface area contributed by atoms with Crippen molar-refractivity contribution in [2.45, 2.75) is 31.2 Å². The molecule has 0 bridgehead atoms. The highest BCUT2D eigenvalue weighted by atomic mass is 32.2. The zero-order chi connectivity index (χ0) is 25.0. The van der Waals surface area contributed by atoms with Crippen molar-refractivity contribution in [2.24, 2.45) is 0 Å². The molecule has 0 aromatic heterocycles. The highest BCUT2D eigenvalue weighted by molar-refractivity contribution is 7.89. The van der Waals surface area contributed by atoms with Crippen LogP contribution in [0.25, 0.3) is 0 Å². The third kappa shape index (κ3) is 5.80. The van der Waals surface area contributed by atoms with Gasteiger partial charge in [-0.05, 0) is 61.2 Å². The number of nitrogens with one attached hydrogen (secondary N) is 3. The topological polar surface area (TPSA) is 128 Å².